The van der Waals surface area contributed by atoms with E-state index in [1.54, 1.807) is 17.5 Å². The van der Waals surface area contributed by atoms with Crippen LogP contribution >= 0.6 is 11.3 Å². The van der Waals surface area contributed by atoms with Gasteiger partial charge in [-0.3, -0.25) is 9.48 Å². The van der Waals surface area contributed by atoms with Gasteiger partial charge in [0.25, 0.3) is 5.91 Å². The van der Waals surface area contributed by atoms with Gasteiger partial charge in [-0.1, -0.05) is 6.07 Å². The Hall–Kier alpha value is -3.74. The maximum Gasteiger partial charge on any atom is 0.433 e. The number of aromatic nitrogens is 5. The number of aromatic carboxylic acids is 1. The average molecular weight is 436 g/mol. The Balaban J connectivity index is 1.77. The molecular formula is C17H11F3N6O3S. The molecular weight excluding hydrogens is 425 g/mol. The summed E-state index contributed by atoms with van der Waals surface area (Å²) in [6.07, 6.45) is -3.49. The molecule has 0 unspecified atom stereocenters. The number of nitrogens with one attached hydrogen (secondary N) is 1. The van der Waals surface area contributed by atoms with Gasteiger partial charge in [0.05, 0.1) is 16.3 Å². The number of nitrogens with zero attached hydrogens (tertiary/aromatic N) is 5. The van der Waals surface area contributed by atoms with Gasteiger partial charge in [0.2, 0.25) is 0 Å². The molecule has 0 aliphatic heterocycles. The van der Waals surface area contributed by atoms with Crippen LogP contribution in [-0.2, 0) is 13.2 Å². The first-order chi connectivity index (χ1) is 14.1. The van der Waals surface area contributed by atoms with Crippen molar-refractivity contribution in [3.8, 4) is 10.6 Å². The molecule has 0 atom stereocenters. The van der Waals surface area contributed by atoms with Gasteiger partial charge < -0.3 is 10.4 Å². The fourth-order valence-corrected chi connectivity index (χ4v) is 3.45. The van der Waals surface area contributed by atoms with Gasteiger partial charge in [-0.15, -0.1) is 11.3 Å². The van der Waals surface area contributed by atoms with Gasteiger partial charge in [-0.2, -0.15) is 23.4 Å². The zero-order valence-corrected chi connectivity index (χ0v) is 15.8. The molecule has 2 N–H and O–H groups in total. The van der Waals surface area contributed by atoms with E-state index in [1.807, 2.05) is 0 Å². The maximum absolute atomic E-state index is 13.6. The normalized spacial score (nSPS) is 11.7. The molecule has 154 valence electrons. The SMILES string of the molecule is Cn1cc(NC(=O)c2cc3nc(-c4cccs4)cc(C(F)(F)F)n3n2)c(C(=O)O)n1. The van der Waals surface area contributed by atoms with Crippen molar-refractivity contribution >= 4 is 34.5 Å². The summed E-state index contributed by atoms with van der Waals surface area (Å²) in [7, 11) is 1.46. The number of alkyl halides is 3. The van der Waals surface area contributed by atoms with E-state index in [0.717, 1.165) is 12.1 Å². The van der Waals surface area contributed by atoms with Gasteiger partial charge >= 0.3 is 12.1 Å². The largest absolute Gasteiger partial charge is 0.476 e. The highest BCUT2D eigenvalue weighted by Crippen LogP contribution is 2.33. The summed E-state index contributed by atoms with van der Waals surface area (Å²) in [5, 5.41) is 20.6. The molecule has 0 bridgehead atoms. The fourth-order valence-electron chi connectivity index (χ4n) is 2.76. The zero-order chi connectivity index (χ0) is 21.6. The predicted octanol–water partition coefficient (Wildman–Crippen LogP) is 3.16. The number of hydrogen-bond donors (Lipinski definition) is 2. The highest BCUT2D eigenvalue weighted by Gasteiger charge is 2.36. The van der Waals surface area contributed by atoms with Crippen molar-refractivity contribution in [2.75, 3.05) is 5.32 Å². The third-order valence-electron chi connectivity index (χ3n) is 4.00. The second-order valence-corrected chi connectivity index (χ2v) is 7.07. The van der Waals surface area contributed by atoms with Crippen LogP contribution < -0.4 is 5.32 Å². The lowest BCUT2D eigenvalue weighted by Gasteiger charge is -2.10. The van der Waals surface area contributed by atoms with E-state index in [4.69, 9.17) is 5.11 Å². The van der Waals surface area contributed by atoms with Crippen LogP contribution in [-0.4, -0.2) is 41.4 Å². The first-order valence-corrected chi connectivity index (χ1v) is 9.11. The number of rotatable bonds is 4. The van der Waals surface area contributed by atoms with E-state index < -0.39 is 29.4 Å². The Bertz CT molecular complexity index is 1280. The van der Waals surface area contributed by atoms with Crippen molar-refractivity contribution in [1.82, 2.24) is 24.4 Å². The summed E-state index contributed by atoms with van der Waals surface area (Å²) < 4.78 is 42.5. The number of halogens is 3. The lowest BCUT2D eigenvalue weighted by atomic mass is 10.2. The minimum Gasteiger partial charge on any atom is -0.476 e. The van der Waals surface area contributed by atoms with Crippen LogP contribution in [0.3, 0.4) is 0 Å². The maximum atomic E-state index is 13.6. The summed E-state index contributed by atoms with van der Waals surface area (Å²) in [5.74, 6) is -2.27. The molecule has 30 heavy (non-hydrogen) atoms. The number of anilines is 1. The van der Waals surface area contributed by atoms with Crippen LogP contribution in [0.5, 0.6) is 0 Å². The minimum atomic E-state index is -4.74. The number of carbonyl (C=O) groups is 2. The number of carbonyl (C=O) groups excluding carboxylic acids is 1. The van der Waals surface area contributed by atoms with Gasteiger partial charge in [0.1, 0.15) is 0 Å². The fraction of sp³-hybridized carbons (Fsp3) is 0.118. The lowest BCUT2D eigenvalue weighted by molar-refractivity contribution is -0.142. The third-order valence-corrected chi connectivity index (χ3v) is 4.90. The van der Waals surface area contributed by atoms with Crippen molar-refractivity contribution in [3.05, 3.63) is 52.9 Å². The molecule has 4 aromatic heterocycles. The highest BCUT2D eigenvalue weighted by atomic mass is 32.1. The van der Waals surface area contributed by atoms with E-state index in [9.17, 15) is 22.8 Å². The molecule has 13 heteroatoms. The topological polar surface area (TPSA) is 114 Å². The summed E-state index contributed by atoms with van der Waals surface area (Å²) in [6.45, 7) is 0. The quantitative estimate of drug-likeness (QED) is 0.508. The number of amides is 1. The molecule has 0 aliphatic rings. The molecule has 0 fully saturated rings. The molecule has 0 aliphatic carbocycles. The Morgan fingerprint density at radius 2 is 2.00 bits per heavy atom. The Kier molecular flexibility index (Phi) is 4.53. The lowest BCUT2D eigenvalue weighted by Crippen LogP contribution is -2.16. The second kappa shape index (κ2) is 6.95. The van der Waals surface area contributed by atoms with E-state index in [2.05, 4.69) is 20.5 Å². The summed E-state index contributed by atoms with van der Waals surface area (Å²) >= 11 is 1.22. The summed E-state index contributed by atoms with van der Waals surface area (Å²) in [5.41, 5.74) is -2.07. The smallest absolute Gasteiger partial charge is 0.433 e. The molecule has 0 saturated heterocycles. The Morgan fingerprint density at radius 1 is 1.23 bits per heavy atom. The van der Waals surface area contributed by atoms with Gasteiger partial charge in [-0.25, -0.2) is 14.3 Å². The van der Waals surface area contributed by atoms with Crippen LogP contribution in [0, 0.1) is 0 Å². The van der Waals surface area contributed by atoms with Crippen LogP contribution in [0.1, 0.15) is 26.7 Å². The predicted molar refractivity (Wildman–Crippen MR) is 99.4 cm³/mol. The summed E-state index contributed by atoms with van der Waals surface area (Å²) in [4.78, 5) is 28.4. The van der Waals surface area contributed by atoms with Gasteiger partial charge in [-0.05, 0) is 17.5 Å². The first-order valence-electron chi connectivity index (χ1n) is 8.23. The number of carboxylic acid groups (broad SMARTS) is 1. The van der Waals surface area contributed by atoms with Crippen molar-refractivity contribution in [2.24, 2.45) is 7.05 Å². The van der Waals surface area contributed by atoms with Crippen LogP contribution in [0.25, 0.3) is 16.2 Å². The van der Waals surface area contributed by atoms with Gasteiger partial charge in [0, 0.05) is 19.3 Å². The highest BCUT2D eigenvalue weighted by molar-refractivity contribution is 7.13. The molecule has 0 spiro atoms. The van der Waals surface area contributed by atoms with E-state index >= 15 is 0 Å². The molecule has 1 amide bonds. The van der Waals surface area contributed by atoms with Crippen LogP contribution in [0.15, 0.2) is 35.8 Å². The second-order valence-electron chi connectivity index (χ2n) is 6.13. The number of fused-ring (bicyclic) bond motifs is 1. The van der Waals surface area contributed by atoms with E-state index in [0.29, 0.717) is 9.39 Å². The van der Waals surface area contributed by atoms with Gasteiger partial charge in [0.15, 0.2) is 22.7 Å². The van der Waals surface area contributed by atoms with E-state index in [1.165, 1.54) is 29.3 Å². The minimum absolute atomic E-state index is 0.0945. The third kappa shape index (κ3) is 3.50. The number of aryl methyl sites for hydroxylation is 1. The summed E-state index contributed by atoms with van der Waals surface area (Å²) in [6, 6.07) is 5.27. The number of thiophene rings is 1. The van der Waals surface area contributed by atoms with E-state index in [-0.39, 0.29) is 22.7 Å². The zero-order valence-electron chi connectivity index (χ0n) is 15.0. The van der Waals surface area contributed by atoms with Crippen LogP contribution in [0.2, 0.25) is 0 Å². The van der Waals surface area contributed by atoms with Crippen molar-refractivity contribution < 1.29 is 27.9 Å². The average Bonchev–Trinajstić information content (AvgIpc) is 3.38. The molecule has 4 aromatic rings. The van der Waals surface area contributed by atoms with Crippen LogP contribution in [0.4, 0.5) is 18.9 Å². The Morgan fingerprint density at radius 3 is 2.63 bits per heavy atom. The number of carboxylic acids is 1. The Labute approximate surface area is 169 Å². The molecule has 9 nitrogen and oxygen atoms in total. The molecule has 4 rings (SSSR count). The monoisotopic (exact) mass is 436 g/mol. The molecule has 4 heterocycles. The van der Waals surface area contributed by atoms with Crippen molar-refractivity contribution in [2.45, 2.75) is 6.18 Å². The van der Waals surface area contributed by atoms with Crippen molar-refractivity contribution in [3.63, 3.8) is 0 Å². The molecule has 0 radical (unpaired) electrons. The molecule has 0 aromatic carbocycles. The van der Waals surface area contributed by atoms with Crippen molar-refractivity contribution in [1.29, 1.82) is 0 Å². The number of hydrogen-bond acceptors (Lipinski definition) is 6. The standard InChI is InChI=1S/C17H11F3N6O3S/c1-25-7-10(14(24-25)16(28)29)22-15(27)9-6-13-21-8(11-3-2-4-30-11)5-12(17(18,19)20)26(13)23-9/h2-7H,1H3,(H,22,27)(H,28,29). The molecule has 0 saturated carbocycles. The first kappa shape index (κ1) is 19.6.